The first-order valence-electron chi connectivity index (χ1n) is 8.18. The predicted molar refractivity (Wildman–Crippen MR) is 95.6 cm³/mol. The molecule has 3 nitrogen and oxygen atoms in total. The molecule has 0 fully saturated rings. The van der Waals surface area contributed by atoms with Crippen molar-refractivity contribution in [2.75, 3.05) is 0 Å². The lowest BCUT2D eigenvalue weighted by molar-refractivity contribution is -0.137. The van der Waals surface area contributed by atoms with Crippen LogP contribution in [-0.4, -0.2) is 10.1 Å². The maximum atomic E-state index is 12.9. The molecule has 4 aromatic rings. The molecule has 4 rings (SSSR count). The monoisotopic (exact) mass is 366 g/mol. The summed E-state index contributed by atoms with van der Waals surface area (Å²) in [6.45, 7) is 0. The molecule has 0 aliphatic rings. The Morgan fingerprint density at radius 3 is 2.00 bits per heavy atom. The number of alkyl halides is 3. The molecule has 1 heterocycles. The van der Waals surface area contributed by atoms with Crippen molar-refractivity contribution in [3.05, 3.63) is 84.4 Å². The summed E-state index contributed by atoms with van der Waals surface area (Å²) in [6.07, 6.45) is -4.42. The lowest BCUT2D eigenvalue weighted by atomic mass is 10.0. The fraction of sp³-hybridized carbons (Fsp3) is 0.0476. The molecule has 0 aliphatic carbocycles. The van der Waals surface area contributed by atoms with E-state index in [2.05, 4.69) is 10.1 Å². The topological polar surface area (TPSA) is 38.9 Å². The van der Waals surface area contributed by atoms with Gasteiger partial charge in [-0.2, -0.15) is 18.2 Å². The van der Waals surface area contributed by atoms with E-state index in [0.717, 1.165) is 28.8 Å². The molecule has 27 heavy (non-hydrogen) atoms. The van der Waals surface area contributed by atoms with Gasteiger partial charge in [0.2, 0.25) is 5.82 Å². The zero-order valence-corrected chi connectivity index (χ0v) is 13.9. The third kappa shape index (κ3) is 3.60. The highest BCUT2D eigenvalue weighted by atomic mass is 19.4. The van der Waals surface area contributed by atoms with Gasteiger partial charge in [0.15, 0.2) is 0 Å². The molecule has 0 bridgehead atoms. The zero-order valence-electron chi connectivity index (χ0n) is 13.9. The van der Waals surface area contributed by atoms with Gasteiger partial charge in [-0.15, -0.1) is 0 Å². The Labute approximate surface area is 153 Å². The van der Waals surface area contributed by atoms with Gasteiger partial charge in [-0.25, -0.2) is 0 Å². The number of hydrogen-bond donors (Lipinski definition) is 0. The van der Waals surface area contributed by atoms with Crippen LogP contribution in [-0.2, 0) is 6.18 Å². The summed E-state index contributed by atoms with van der Waals surface area (Å²) < 4.78 is 43.8. The van der Waals surface area contributed by atoms with Crippen LogP contribution in [0.5, 0.6) is 0 Å². The fourth-order valence-electron chi connectivity index (χ4n) is 2.73. The highest BCUT2D eigenvalue weighted by molar-refractivity contribution is 5.68. The van der Waals surface area contributed by atoms with Crippen LogP contribution in [0.4, 0.5) is 13.2 Å². The fourth-order valence-corrected chi connectivity index (χ4v) is 2.73. The van der Waals surface area contributed by atoms with E-state index in [1.54, 1.807) is 0 Å². The third-order valence-corrected chi connectivity index (χ3v) is 4.11. The van der Waals surface area contributed by atoms with Crippen molar-refractivity contribution in [3.63, 3.8) is 0 Å². The van der Waals surface area contributed by atoms with Crippen LogP contribution in [0.2, 0.25) is 0 Å². The Morgan fingerprint density at radius 1 is 0.667 bits per heavy atom. The first-order chi connectivity index (χ1) is 13.0. The summed E-state index contributed by atoms with van der Waals surface area (Å²) in [5, 5.41) is 3.89. The molecule has 0 N–H and O–H groups in total. The van der Waals surface area contributed by atoms with E-state index < -0.39 is 11.7 Å². The minimum Gasteiger partial charge on any atom is -0.334 e. The van der Waals surface area contributed by atoms with Crippen LogP contribution in [0.15, 0.2) is 83.4 Å². The van der Waals surface area contributed by atoms with Gasteiger partial charge in [0.25, 0.3) is 5.89 Å². The maximum absolute atomic E-state index is 12.9. The van der Waals surface area contributed by atoms with Crippen molar-refractivity contribution >= 4 is 0 Å². The van der Waals surface area contributed by atoms with Crippen molar-refractivity contribution in [2.45, 2.75) is 6.18 Å². The van der Waals surface area contributed by atoms with Crippen LogP contribution >= 0.6 is 0 Å². The minimum atomic E-state index is -4.42. The lowest BCUT2D eigenvalue weighted by Gasteiger charge is -2.06. The number of aromatic nitrogens is 2. The number of rotatable bonds is 3. The molecule has 0 saturated carbocycles. The molecule has 134 valence electrons. The number of halogens is 3. The van der Waals surface area contributed by atoms with Gasteiger partial charge in [0.05, 0.1) is 5.56 Å². The number of hydrogen-bond acceptors (Lipinski definition) is 3. The summed E-state index contributed by atoms with van der Waals surface area (Å²) in [5.74, 6) is 0.366. The first-order valence-corrected chi connectivity index (χ1v) is 8.18. The summed E-state index contributed by atoms with van der Waals surface area (Å²) in [6, 6.07) is 22.3. The van der Waals surface area contributed by atoms with E-state index in [-0.39, 0.29) is 11.5 Å². The van der Waals surface area contributed by atoms with Crippen molar-refractivity contribution in [2.24, 2.45) is 0 Å². The molecule has 3 aromatic carbocycles. The molecule has 0 unspecified atom stereocenters. The van der Waals surface area contributed by atoms with Crippen molar-refractivity contribution in [1.29, 1.82) is 0 Å². The second-order valence-corrected chi connectivity index (χ2v) is 5.95. The van der Waals surface area contributed by atoms with E-state index in [9.17, 15) is 13.2 Å². The van der Waals surface area contributed by atoms with E-state index >= 15 is 0 Å². The Balaban J connectivity index is 1.62. The van der Waals surface area contributed by atoms with E-state index in [1.807, 2.05) is 54.6 Å². The Hall–Kier alpha value is -3.41. The molecule has 0 radical (unpaired) electrons. The SMILES string of the molecule is FC(F)(F)c1cccc(-c2nc(-c3ccc(-c4ccccc4)cc3)no2)c1. The highest BCUT2D eigenvalue weighted by Crippen LogP contribution is 2.32. The number of nitrogens with zero attached hydrogens (tertiary/aromatic N) is 2. The Bertz CT molecular complexity index is 1050. The third-order valence-electron chi connectivity index (χ3n) is 4.11. The standard InChI is InChI=1S/C21H13F3N2O/c22-21(23,24)18-8-4-7-17(13-18)20-25-19(26-27-20)16-11-9-15(10-12-16)14-5-2-1-3-6-14/h1-13H. The van der Waals surface area contributed by atoms with Crippen LogP contribution in [0.3, 0.4) is 0 Å². The quantitative estimate of drug-likeness (QED) is 0.440. The van der Waals surface area contributed by atoms with Crippen molar-refractivity contribution < 1.29 is 17.7 Å². The van der Waals surface area contributed by atoms with Gasteiger partial charge < -0.3 is 4.52 Å². The molecule has 0 amide bonds. The lowest BCUT2D eigenvalue weighted by Crippen LogP contribution is -2.04. The van der Waals surface area contributed by atoms with Gasteiger partial charge in [0.1, 0.15) is 0 Å². The second-order valence-electron chi connectivity index (χ2n) is 5.95. The Kier molecular flexibility index (Phi) is 4.24. The predicted octanol–water partition coefficient (Wildman–Crippen LogP) is 6.09. The second kappa shape index (κ2) is 6.72. The van der Waals surface area contributed by atoms with E-state index in [0.29, 0.717) is 5.82 Å². The maximum Gasteiger partial charge on any atom is 0.416 e. The summed E-state index contributed by atoms with van der Waals surface area (Å²) >= 11 is 0. The normalized spacial score (nSPS) is 11.5. The van der Waals surface area contributed by atoms with Gasteiger partial charge in [-0.05, 0) is 29.3 Å². The van der Waals surface area contributed by atoms with Gasteiger partial charge in [-0.3, -0.25) is 0 Å². The average Bonchev–Trinajstić information content (AvgIpc) is 3.19. The van der Waals surface area contributed by atoms with Crippen LogP contribution in [0, 0.1) is 0 Å². The Morgan fingerprint density at radius 2 is 1.30 bits per heavy atom. The summed E-state index contributed by atoms with van der Waals surface area (Å²) in [5.41, 5.74) is 2.32. The van der Waals surface area contributed by atoms with Gasteiger partial charge in [-0.1, -0.05) is 65.8 Å². The molecular formula is C21H13F3N2O. The van der Waals surface area contributed by atoms with E-state index in [1.165, 1.54) is 12.1 Å². The molecule has 1 aromatic heterocycles. The zero-order chi connectivity index (χ0) is 18.9. The van der Waals surface area contributed by atoms with Gasteiger partial charge >= 0.3 is 6.18 Å². The summed E-state index contributed by atoms with van der Waals surface area (Å²) in [7, 11) is 0. The van der Waals surface area contributed by atoms with E-state index in [4.69, 9.17) is 4.52 Å². The molecular weight excluding hydrogens is 353 g/mol. The van der Waals surface area contributed by atoms with Crippen LogP contribution in [0.1, 0.15) is 5.56 Å². The van der Waals surface area contributed by atoms with Crippen molar-refractivity contribution in [3.8, 4) is 34.0 Å². The van der Waals surface area contributed by atoms with Crippen molar-refractivity contribution in [1.82, 2.24) is 10.1 Å². The molecule has 6 heteroatoms. The molecule has 0 spiro atoms. The first kappa shape index (κ1) is 17.0. The largest absolute Gasteiger partial charge is 0.416 e. The van der Waals surface area contributed by atoms with Crippen LogP contribution < -0.4 is 0 Å². The average molecular weight is 366 g/mol. The molecule has 0 atom stereocenters. The highest BCUT2D eigenvalue weighted by Gasteiger charge is 2.30. The molecule has 0 saturated heterocycles. The summed E-state index contributed by atoms with van der Waals surface area (Å²) in [4.78, 5) is 4.23. The molecule has 0 aliphatic heterocycles. The minimum absolute atomic E-state index is 0.0447. The van der Waals surface area contributed by atoms with Crippen LogP contribution in [0.25, 0.3) is 34.0 Å². The smallest absolute Gasteiger partial charge is 0.334 e. The number of benzene rings is 3. The van der Waals surface area contributed by atoms with Gasteiger partial charge in [0, 0.05) is 11.1 Å².